The Labute approximate surface area is 112 Å². The second-order valence-corrected chi connectivity index (χ2v) is 5.38. The zero-order valence-corrected chi connectivity index (χ0v) is 11.1. The molecule has 4 nitrogen and oxygen atoms in total. The lowest BCUT2D eigenvalue weighted by atomic mass is 10.1. The molecule has 1 aliphatic carbocycles. The van der Waals surface area contributed by atoms with Gasteiger partial charge in [0.05, 0.1) is 0 Å². The average molecular weight is 258 g/mol. The van der Waals surface area contributed by atoms with E-state index in [9.17, 15) is 9.59 Å². The average Bonchev–Trinajstić information content (AvgIpc) is 3.15. The number of hydrogen-bond donors (Lipinski definition) is 1. The molecule has 1 saturated carbocycles. The van der Waals surface area contributed by atoms with Crippen molar-refractivity contribution < 1.29 is 9.59 Å². The molecule has 1 heterocycles. The molecule has 2 aliphatic rings. The van der Waals surface area contributed by atoms with Crippen molar-refractivity contribution in [2.45, 2.75) is 32.7 Å². The lowest BCUT2D eigenvalue weighted by Gasteiger charge is -2.15. The predicted octanol–water partition coefficient (Wildman–Crippen LogP) is 1.62. The molecule has 0 radical (unpaired) electrons. The van der Waals surface area contributed by atoms with Gasteiger partial charge in [-0.3, -0.25) is 9.59 Å². The highest BCUT2D eigenvalue weighted by molar-refractivity contribution is 5.93. The van der Waals surface area contributed by atoms with Gasteiger partial charge in [0, 0.05) is 31.6 Å². The molecule has 4 heteroatoms. The van der Waals surface area contributed by atoms with E-state index in [1.807, 2.05) is 17.0 Å². The molecule has 0 unspecified atom stereocenters. The number of amides is 2. The minimum Gasteiger partial charge on any atom is -0.352 e. The van der Waals surface area contributed by atoms with Gasteiger partial charge < -0.3 is 10.2 Å². The van der Waals surface area contributed by atoms with Gasteiger partial charge >= 0.3 is 0 Å². The Balaban J connectivity index is 1.68. The van der Waals surface area contributed by atoms with Crippen LogP contribution < -0.4 is 10.2 Å². The lowest BCUT2D eigenvalue weighted by molar-refractivity contribution is -0.122. The van der Waals surface area contributed by atoms with Gasteiger partial charge in [0.15, 0.2) is 0 Å². The Morgan fingerprint density at radius 1 is 1.37 bits per heavy atom. The molecule has 1 fully saturated rings. The fourth-order valence-corrected chi connectivity index (χ4v) is 2.57. The van der Waals surface area contributed by atoms with Crippen LogP contribution in [0.4, 0.5) is 5.69 Å². The van der Waals surface area contributed by atoms with Gasteiger partial charge in [0.25, 0.3) is 0 Å². The number of carbonyl (C=O) groups excluding carboxylic acids is 2. The fraction of sp³-hybridized carbons (Fsp3) is 0.467. The van der Waals surface area contributed by atoms with Gasteiger partial charge in [-0.1, -0.05) is 12.1 Å². The Hall–Kier alpha value is -1.84. The smallest absolute Gasteiger partial charge is 0.223 e. The third-order valence-corrected chi connectivity index (χ3v) is 3.83. The summed E-state index contributed by atoms with van der Waals surface area (Å²) in [5.74, 6) is 0.516. The summed E-state index contributed by atoms with van der Waals surface area (Å²) in [5.41, 5.74) is 3.33. The standard InChI is InChI=1S/C15H18N2O2/c1-10(18)17-7-6-13-8-11(2-5-14(13)17)9-16-15(19)12-3-4-12/h2,5,8,12H,3-4,6-7,9H2,1H3,(H,16,19). The van der Waals surface area contributed by atoms with Gasteiger partial charge in [-0.05, 0) is 36.5 Å². The Morgan fingerprint density at radius 3 is 2.84 bits per heavy atom. The SMILES string of the molecule is CC(=O)N1CCc2cc(CNC(=O)C3CC3)ccc21. The number of benzene rings is 1. The van der Waals surface area contributed by atoms with E-state index in [2.05, 4.69) is 11.4 Å². The van der Waals surface area contributed by atoms with E-state index in [0.29, 0.717) is 6.54 Å². The van der Waals surface area contributed by atoms with Crippen LogP contribution in [0.5, 0.6) is 0 Å². The molecule has 1 aliphatic heterocycles. The lowest BCUT2D eigenvalue weighted by Crippen LogP contribution is -2.25. The van der Waals surface area contributed by atoms with Gasteiger partial charge in [0.1, 0.15) is 0 Å². The zero-order chi connectivity index (χ0) is 13.4. The molecule has 1 N–H and O–H groups in total. The molecule has 0 bridgehead atoms. The molecule has 1 aromatic carbocycles. The molecule has 2 amide bonds. The van der Waals surface area contributed by atoms with Crippen molar-refractivity contribution >= 4 is 17.5 Å². The van der Waals surface area contributed by atoms with Crippen LogP contribution >= 0.6 is 0 Å². The van der Waals surface area contributed by atoms with Crippen LogP contribution in [0.3, 0.4) is 0 Å². The summed E-state index contributed by atoms with van der Waals surface area (Å²) in [6, 6.07) is 6.08. The van der Waals surface area contributed by atoms with E-state index in [0.717, 1.165) is 37.1 Å². The van der Waals surface area contributed by atoms with E-state index in [-0.39, 0.29) is 17.7 Å². The van der Waals surface area contributed by atoms with Crippen LogP contribution in [0.1, 0.15) is 30.9 Å². The molecule has 0 aromatic heterocycles. The number of carbonyl (C=O) groups is 2. The third-order valence-electron chi connectivity index (χ3n) is 3.83. The monoisotopic (exact) mass is 258 g/mol. The maximum Gasteiger partial charge on any atom is 0.223 e. The normalized spacial score (nSPS) is 17.2. The highest BCUT2D eigenvalue weighted by Gasteiger charge is 2.29. The van der Waals surface area contributed by atoms with Gasteiger partial charge in [-0.15, -0.1) is 0 Å². The number of rotatable bonds is 3. The van der Waals surface area contributed by atoms with Crippen LogP contribution in [-0.2, 0) is 22.6 Å². The molecule has 1 aromatic rings. The number of anilines is 1. The number of hydrogen-bond acceptors (Lipinski definition) is 2. The molecule has 3 rings (SSSR count). The van der Waals surface area contributed by atoms with Crippen molar-refractivity contribution in [3.05, 3.63) is 29.3 Å². The highest BCUT2D eigenvalue weighted by atomic mass is 16.2. The quantitative estimate of drug-likeness (QED) is 0.895. The molecule has 19 heavy (non-hydrogen) atoms. The fourth-order valence-electron chi connectivity index (χ4n) is 2.57. The predicted molar refractivity (Wildman–Crippen MR) is 72.7 cm³/mol. The Morgan fingerprint density at radius 2 is 2.16 bits per heavy atom. The van der Waals surface area contributed by atoms with E-state index >= 15 is 0 Å². The molecule has 0 atom stereocenters. The van der Waals surface area contributed by atoms with Crippen molar-refractivity contribution in [2.75, 3.05) is 11.4 Å². The number of nitrogens with zero attached hydrogens (tertiary/aromatic N) is 1. The van der Waals surface area contributed by atoms with Crippen LogP contribution in [0.25, 0.3) is 0 Å². The summed E-state index contributed by atoms with van der Waals surface area (Å²) in [5, 5.41) is 2.97. The summed E-state index contributed by atoms with van der Waals surface area (Å²) in [7, 11) is 0. The minimum atomic E-state index is 0.0912. The van der Waals surface area contributed by atoms with E-state index in [1.54, 1.807) is 6.92 Å². The number of nitrogens with one attached hydrogen (secondary N) is 1. The van der Waals surface area contributed by atoms with Crippen LogP contribution in [0.15, 0.2) is 18.2 Å². The van der Waals surface area contributed by atoms with E-state index in [1.165, 1.54) is 5.56 Å². The summed E-state index contributed by atoms with van der Waals surface area (Å²) in [6.07, 6.45) is 2.96. The van der Waals surface area contributed by atoms with Crippen molar-refractivity contribution in [1.29, 1.82) is 0 Å². The molecular formula is C15H18N2O2. The third kappa shape index (κ3) is 2.48. The maximum absolute atomic E-state index is 11.6. The van der Waals surface area contributed by atoms with Crippen molar-refractivity contribution in [3.8, 4) is 0 Å². The first-order valence-electron chi connectivity index (χ1n) is 6.83. The molecule has 0 spiro atoms. The summed E-state index contributed by atoms with van der Waals surface area (Å²) < 4.78 is 0. The van der Waals surface area contributed by atoms with Gasteiger partial charge in [-0.25, -0.2) is 0 Å². The van der Waals surface area contributed by atoms with Gasteiger partial charge in [-0.2, -0.15) is 0 Å². The zero-order valence-electron chi connectivity index (χ0n) is 11.1. The highest BCUT2D eigenvalue weighted by Crippen LogP contribution is 2.30. The summed E-state index contributed by atoms with van der Waals surface area (Å²) in [4.78, 5) is 24.9. The van der Waals surface area contributed by atoms with Crippen molar-refractivity contribution in [3.63, 3.8) is 0 Å². The molecule has 0 saturated heterocycles. The Kier molecular flexibility index (Phi) is 3.01. The first kappa shape index (κ1) is 12.2. The summed E-state index contributed by atoms with van der Waals surface area (Å²) >= 11 is 0. The van der Waals surface area contributed by atoms with E-state index < -0.39 is 0 Å². The minimum absolute atomic E-state index is 0.0912. The number of fused-ring (bicyclic) bond motifs is 1. The second-order valence-electron chi connectivity index (χ2n) is 5.38. The topological polar surface area (TPSA) is 49.4 Å². The van der Waals surface area contributed by atoms with Crippen molar-refractivity contribution in [2.24, 2.45) is 5.92 Å². The van der Waals surface area contributed by atoms with Crippen LogP contribution in [0.2, 0.25) is 0 Å². The molecule has 100 valence electrons. The van der Waals surface area contributed by atoms with Crippen LogP contribution in [-0.4, -0.2) is 18.4 Å². The van der Waals surface area contributed by atoms with E-state index in [4.69, 9.17) is 0 Å². The van der Waals surface area contributed by atoms with Crippen molar-refractivity contribution in [1.82, 2.24) is 5.32 Å². The second kappa shape index (κ2) is 4.68. The first-order chi connectivity index (χ1) is 9.15. The largest absolute Gasteiger partial charge is 0.352 e. The summed E-state index contributed by atoms with van der Waals surface area (Å²) in [6.45, 7) is 2.95. The van der Waals surface area contributed by atoms with Gasteiger partial charge in [0.2, 0.25) is 11.8 Å². The van der Waals surface area contributed by atoms with Crippen LogP contribution in [0, 0.1) is 5.92 Å². The maximum atomic E-state index is 11.6. The Bertz CT molecular complexity index is 535. The first-order valence-corrected chi connectivity index (χ1v) is 6.83. The molecular weight excluding hydrogens is 240 g/mol.